The van der Waals surface area contributed by atoms with E-state index in [4.69, 9.17) is 0 Å². The lowest BCUT2D eigenvalue weighted by molar-refractivity contribution is -0.675. The number of hydrogen-bond acceptors (Lipinski definition) is 2. The van der Waals surface area contributed by atoms with Gasteiger partial charge in [0.25, 0.3) is 5.91 Å². The summed E-state index contributed by atoms with van der Waals surface area (Å²) in [4.78, 5) is 13.3. The van der Waals surface area contributed by atoms with Gasteiger partial charge in [-0.05, 0) is 23.6 Å². The molecule has 3 nitrogen and oxygen atoms in total. The Kier molecular flexibility index (Phi) is 5.53. The summed E-state index contributed by atoms with van der Waals surface area (Å²) in [6.45, 7) is 0.119. The molecule has 1 amide bonds. The maximum atomic E-state index is 13.6. The van der Waals surface area contributed by atoms with Crippen molar-refractivity contribution in [3.8, 4) is 0 Å². The predicted octanol–water partition coefficient (Wildman–Crippen LogP) is 3.32. The maximum Gasteiger partial charge on any atom is 0.279 e. The largest absolute Gasteiger partial charge is 0.328 e. The quantitative estimate of drug-likeness (QED) is 0.697. The van der Waals surface area contributed by atoms with Gasteiger partial charge in [0.15, 0.2) is 6.54 Å². The van der Waals surface area contributed by atoms with Gasteiger partial charge in [-0.2, -0.15) is 0 Å². The number of halogens is 2. The molecule has 0 saturated heterocycles. The van der Waals surface area contributed by atoms with Crippen molar-refractivity contribution in [1.29, 1.82) is 0 Å². The highest BCUT2D eigenvalue weighted by Crippen LogP contribution is 2.22. The molecule has 0 aliphatic rings. The first kappa shape index (κ1) is 17.3. The molecule has 0 saturated carbocycles. The second-order valence-electron chi connectivity index (χ2n) is 5.52. The minimum Gasteiger partial charge on any atom is -0.328 e. The van der Waals surface area contributed by atoms with Crippen LogP contribution in [0.1, 0.15) is 16.5 Å². The molecular formula is C19H17F2N2OS+. The Morgan fingerprint density at radius 3 is 2.56 bits per heavy atom. The van der Waals surface area contributed by atoms with E-state index >= 15 is 0 Å². The van der Waals surface area contributed by atoms with Gasteiger partial charge in [0.2, 0.25) is 0 Å². The molecular weight excluding hydrogens is 342 g/mol. The number of nitrogens with one attached hydrogen (secondary N) is 1. The first-order chi connectivity index (χ1) is 12.1. The fourth-order valence-electron chi connectivity index (χ4n) is 2.56. The van der Waals surface area contributed by atoms with E-state index in [1.54, 1.807) is 11.3 Å². The molecule has 0 aliphatic heterocycles. The monoisotopic (exact) mass is 359 g/mol. The van der Waals surface area contributed by atoms with Gasteiger partial charge < -0.3 is 10.6 Å². The van der Waals surface area contributed by atoms with Crippen molar-refractivity contribution >= 4 is 22.9 Å². The van der Waals surface area contributed by atoms with Crippen molar-refractivity contribution in [2.75, 3.05) is 11.9 Å². The second-order valence-corrected chi connectivity index (χ2v) is 6.50. The molecule has 1 heterocycles. The summed E-state index contributed by atoms with van der Waals surface area (Å²) >= 11 is 1.62. The average Bonchev–Trinajstić information content (AvgIpc) is 3.13. The van der Waals surface area contributed by atoms with Crippen LogP contribution in [-0.2, 0) is 4.79 Å². The van der Waals surface area contributed by atoms with Gasteiger partial charge >= 0.3 is 0 Å². The van der Waals surface area contributed by atoms with E-state index < -0.39 is 11.6 Å². The fourth-order valence-corrected chi connectivity index (χ4v) is 3.41. The van der Waals surface area contributed by atoms with Crippen LogP contribution in [0.5, 0.6) is 0 Å². The number of anilines is 1. The van der Waals surface area contributed by atoms with Gasteiger partial charge in [0.1, 0.15) is 17.7 Å². The van der Waals surface area contributed by atoms with E-state index in [9.17, 15) is 13.6 Å². The first-order valence-electron chi connectivity index (χ1n) is 7.80. The molecule has 0 radical (unpaired) electrons. The van der Waals surface area contributed by atoms with E-state index in [1.165, 1.54) is 6.07 Å². The first-order valence-corrected chi connectivity index (χ1v) is 8.68. The summed E-state index contributed by atoms with van der Waals surface area (Å²) in [6.07, 6.45) is 0. The summed E-state index contributed by atoms with van der Waals surface area (Å²) in [7, 11) is 0. The summed E-state index contributed by atoms with van der Waals surface area (Å²) in [5, 5.41) is 6.37. The van der Waals surface area contributed by atoms with E-state index in [0.717, 1.165) is 22.6 Å². The number of hydrogen-bond donors (Lipinski definition) is 2. The number of nitrogens with two attached hydrogens (primary N) is 1. The van der Waals surface area contributed by atoms with Crippen molar-refractivity contribution in [3.05, 3.63) is 88.1 Å². The lowest BCUT2D eigenvalue weighted by atomic mass is 10.1. The van der Waals surface area contributed by atoms with Crippen molar-refractivity contribution in [2.45, 2.75) is 6.04 Å². The summed E-state index contributed by atoms with van der Waals surface area (Å²) in [6, 6.07) is 16.9. The highest BCUT2D eigenvalue weighted by atomic mass is 32.1. The van der Waals surface area contributed by atoms with Crippen LogP contribution in [0, 0.1) is 11.6 Å². The Morgan fingerprint density at radius 1 is 1.08 bits per heavy atom. The summed E-state index contributed by atoms with van der Waals surface area (Å²) in [5.41, 5.74) is 1.07. The Morgan fingerprint density at radius 2 is 1.88 bits per heavy atom. The van der Waals surface area contributed by atoms with Crippen molar-refractivity contribution in [2.24, 2.45) is 0 Å². The number of amides is 1. The Hall–Kier alpha value is -2.57. The van der Waals surface area contributed by atoms with Gasteiger partial charge in [0.05, 0.1) is 10.6 Å². The fraction of sp³-hybridized carbons (Fsp3) is 0.105. The van der Waals surface area contributed by atoms with Crippen LogP contribution in [0.25, 0.3) is 0 Å². The molecule has 0 aliphatic carbocycles. The molecule has 3 rings (SSSR count). The number of benzene rings is 2. The minimum absolute atomic E-state index is 0.00925. The predicted molar refractivity (Wildman–Crippen MR) is 94.4 cm³/mol. The third-order valence-corrected chi connectivity index (χ3v) is 4.71. The number of thiophene rings is 1. The molecule has 128 valence electrons. The highest BCUT2D eigenvalue weighted by Gasteiger charge is 2.20. The molecule has 0 bridgehead atoms. The molecule has 0 fully saturated rings. The van der Waals surface area contributed by atoms with E-state index in [2.05, 4.69) is 5.32 Å². The molecule has 6 heteroatoms. The van der Waals surface area contributed by atoms with Gasteiger partial charge in [-0.15, -0.1) is 11.3 Å². The van der Waals surface area contributed by atoms with Gasteiger partial charge in [-0.25, -0.2) is 8.78 Å². The number of carbonyl (C=O) groups is 1. The Balaban J connectivity index is 1.68. The summed E-state index contributed by atoms with van der Waals surface area (Å²) < 4.78 is 26.6. The van der Waals surface area contributed by atoms with Crippen LogP contribution in [0.15, 0.2) is 66.0 Å². The number of rotatable bonds is 6. The third kappa shape index (κ3) is 4.49. The summed E-state index contributed by atoms with van der Waals surface area (Å²) in [5.74, 6) is -1.81. The van der Waals surface area contributed by atoms with Crippen LogP contribution < -0.4 is 10.6 Å². The van der Waals surface area contributed by atoms with Crippen LogP contribution in [-0.4, -0.2) is 12.5 Å². The highest BCUT2D eigenvalue weighted by molar-refractivity contribution is 7.10. The second kappa shape index (κ2) is 8.00. The zero-order chi connectivity index (χ0) is 17.6. The minimum atomic E-state index is -0.786. The molecule has 0 spiro atoms. The van der Waals surface area contributed by atoms with Gasteiger partial charge in [0, 0.05) is 11.6 Å². The standard InChI is InChI=1S/C19H16F2N2OS/c20-14-8-9-16(15(21)11-14)23-18(24)12-22-19(17-7-4-10-25-17)13-5-2-1-3-6-13/h1-11,19,22H,12H2,(H,23,24)/p+1/t19-/m1/s1. The Bertz CT molecular complexity index is 838. The van der Waals surface area contributed by atoms with Gasteiger partial charge in [-0.1, -0.05) is 36.4 Å². The normalized spacial score (nSPS) is 11.9. The van der Waals surface area contributed by atoms with Crippen LogP contribution in [0.3, 0.4) is 0 Å². The molecule has 1 atom stereocenters. The molecule has 25 heavy (non-hydrogen) atoms. The number of carbonyl (C=O) groups excluding carboxylic acids is 1. The van der Waals surface area contributed by atoms with Crippen LogP contribution in [0.2, 0.25) is 0 Å². The zero-order valence-electron chi connectivity index (χ0n) is 13.3. The molecule has 1 aromatic heterocycles. The Labute approximate surface area is 148 Å². The molecule has 2 aromatic carbocycles. The topological polar surface area (TPSA) is 45.7 Å². The SMILES string of the molecule is O=C(C[NH2+][C@H](c1ccccc1)c1cccs1)Nc1ccc(F)cc1F. The van der Waals surface area contributed by atoms with Crippen LogP contribution >= 0.6 is 11.3 Å². The van der Waals surface area contributed by atoms with E-state index in [0.29, 0.717) is 0 Å². The van der Waals surface area contributed by atoms with Gasteiger partial charge in [-0.3, -0.25) is 4.79 Å². The zero-order valence-corrected chi connectivity index (χ0v) is 14.1. The molecule has 0 unspecified atom stereocenters. The van der Waals surface area contributed by atoms with E-state index in [1.807, 2.05) is 53.2 Å². The van der Waals surface area contributed by atoms with Crippen molar-refractivity contribution in [3.63, 3.8) is 0 Å². The smallest absolute Gasteiger partial charge is 0.279 e. The third-order valence-electron chi connectivity index (χ3n) is 3.75. The lowest BCUT2D eigenvalue weighted by Gasteiger charge is -2.15. The number of quaternary nitrogens is 1. The van der Waals surface area contributed by atoms with Crippen molar-refractivity contribution < 1.29 is 18.9 Å². The van der Waals surface area contributed by atoms with E-state index in [-0.39, 0.29) is 24.2 Å². The molecule has 3 aromatic rings. The average molecular weight is 359 g/mol. The lowest BCUT2D eigenvalue weighted by Crippen LogP contribution is -2.87. The maximum absolute atomic E-state index is 13.6. The van der Waals surface area contributed by atoms with Crippen LogP contribution in [0.4, 0.5) is 14.5 Å². The molecule has 3 N–H and O–H groups in total. The van der Waals surface area contributed by atoms with Crippen molar-refractivity contribution in [1.82, 2.24) is 0 Å².